The molecule has 1 saturated heterocycles. The van der Waals surface area contributed by atoms with E-state index in [4.69, 9.17) is 9.15 Å². The lowest BCUT2D eigenvalue weighted by Crippen LogP contribution is -2.41. The summed E-state index contributed by atoms with van der Waals surface area (Å²) in [6, 6.07) is 20.8. The van der Waals surface area contributed by atoms with Crippen LogP contribution in [-0.2, 0) is 11.3 Å². The molecule has 1 fully saturated rings. The summed E-state index contributed by atoms with van der Waals surface area (Å²) in [5.41, 5.74) is 2.80. The van der Waals surface area contributed by atoms with Crippen molar-refractivity contribution in [2.75, 3.05) is 32.1 Å². The first kappa shape index (κ1) is 20.4. The molecule has 0 aliphatic carbocycles. The number of para-hydroxylation sites is 2. The molecule has 0 N–H and O–H groups in total. The highest BCUT2D eigenvalue weighted by atomic mass is 16.5. The Morgan fingerprint density at radius 2 is 1.84 bits per heavy atom. The van der Waals surface area contributed by atoms with E-state index in [1.165, 1.54) is 0 Å². The fraction of sp³-hybridized carbons (Fsp3) is 0.308. The van der Waals surface area contributed by atoms with Gasteiger partial charge in [0.05, 0.1) is 7.11 Å². The summed E-state index contributed by atoms with van der Waals surface area (Å²) in [5, 5.41) is 2.28. The number of hydrogen-bond donors (Lipinski definition) is 0. The number of carbonyl (C=O) groups excluding carboxylic acids is 1. The predicted octanol–water partition coefficient (Wildman–Crippen LogP) is 4.86. The van der Waals surface area contributed by atoms with Gasteiger partial charge in [-0.25, -0.2) is 0 Å². The van der Waals surface area contributed by atoms with Crippen molar-refractivity contribution in [2.24, 2.45) is 5.92 Å². The molecule has 0 saturated carbocycles. The lowest BCUT2D eigenvalue weighted by molar-refractivity contribution is -0.135. The summed E-state index contributed by atoms with van der Waals surface area (Å²) in [6.45, 7) is 2.15. The molecular weight excluding hydrogens is 402 g/mol. The number of nitrogens with zero attached hydrogens (tertiary/aromatic N) is 3. The molecule has 1 aromatic heterocycles. The van der Waals surface area contributed by atoms with Crippen LogP contribution in [0.2, 0.25) is 0 Å². The Kier molecular flexibility index (Phi) is 5.43. The highest BCUT2D eigenvalue weighted by Crippen LogP contribution is 2.28. The van der Waals surface area contributed by atoms with Crippen molar-refractivity contribution in [3.63, 3.8) is 0 Å². The number of carbonyl (C=O) groups is 1. The molecule has 32 heavy (non-hydrogen) atoms. The van der Waals surface area contributed by atoms with Crippen molar-refractivity contribution in [3.05, 3.63) is 66.2 Å². The fourth-order valence-electron chi connectivity index (χ4n) is 4.48. The largest absolute Gasteiger partial charge is 0.497 e. The Hall–Kier alpha value is -3.54. The number of aromatic nitrogens is 1. The van der Waals surface area contributed by atoms with Crippen molar-refractivity contribution >= 4 is 33.8 Å². The Morgan fingerprint density at radius 1 is 1.09 bits per heavy atom. The molecule has 0 atom stereocenters. The maximum Gasteiger partial charge on any atom is 0.298 e. The smallest absolute Gasteiger partial charge is 0.298 e. The van der Waals surface area contributed by atoms with Gasteiger partial charge in [-0.1, -0.05) is 30.3 Å². The normalized spacial score (nSPS) is 14.8. The average Bonchev–Trinajstić information content (AvgIpc) is 3.27. The maximum atomic E-state index is 13.1. The van der Waals surface area contributed by atoms with E-state index in [9.17, 15) is 4.79 Å². The average molecular weight is 430 g/mol. The molecule has 5 rings (SSSR count). The molecule has 0 unspecified atom stereocenters. The molecule has 1 aliphatic rings. The van der Waals surface area contributed by atoms with Crippen LogP contribution >= 0.6 is 0 Å². The zero-order chi connectivity index (χ0) is 22.1. The zero-order valence-electron chi connectivity index (χ0n) is 18.5. The number of amides is 1. The summed E-state index contributed by atoms with van der Waals surface area (Å²) in [7, 11) is 3.57. The van der Waals surface area contributed by atoms with E-state index < -0.39 is 0 Å². The van der Waals surface area contributed by atoms with Gasteiger partial charge in [-0.15, -0.1) is 0 Å². The molecule has 4 aromatic rings. The second-order valence-electron chi connectivity index (χ2n) is 8.47. The molecule has 3 aromatic carbocycles. The monoisotopic (exact) mass is 429 g/mol. The molecule has 0 bridgehead atoms. The van der Waals surface area contributed by atoms with Gasteiger partial charge in [-0.3, -0.25) is 4.79 Å². The lowest BCUT2D eigenvalue weighted by atomic mass is 9.95. The van der Waals surface area contributed by atoms with Crippen LogP contribution in [0.25, 0.3) is 21.9 Å². The number of anilines is 1. The van der Waals surface area contributed by atoms with Crippen LogP contribution in [0.1, 0.15) is 18.4 Å². The number of oxazole rings is 1. The molecule has 0 spiro atoms. The molecule has 1 amide bonds. The molecular formula is C26H27N3O3. The molecule has 6 heteroatoms. The van der Waals surface area contributed by atoms with E-state index in [0.29, 0.717) is 12.6 Å². The van der Waals surface area contributed by atoms with Gasteiger partial charge in [0.1, 0.15) is 11.3 Å². The van der Waals surface area contributed by atoms with Crippen LogP contribution in [0, 0.1) is 5.92 Å². The quantitative estimate of drug-likeness (QED) is 0.453. The summed E-state index contributed by atoms with van der Waals surface area (Å²) in [5.74, 6) is 1.09. The fourth-order valence-corrected chi connectivity index (χ4v) is 4.48. The second kappa shape index (κ2) is 8.54. The van der Waals surface area contributed by atoms with Crippen LogP contribution in [0.3, 0.4) is 0 Å². The molecule has 0 radical (unpaired) electrons. The van der Waals surface area contributed by atoms with Gasteiger partial charge in [0.25, 0.3) is 6.01 Å². The van der Waals surface area contributed by atoms with Crippen molar-refractivity contribution in [1.82, 2.24) is 9.88 Å². The van der Waals surface area contributed by atoms with Crippen LogP contribution < -0.4 is 9.64 Å². The summed E-state index contributed by atoms with van der Waals surface area (Å²) in [6.07, 6.45) is 1.61. The van der Waals surface area contributed by atoms with E-state index in [1.54, 1.807) is 7.11 Å². The van der Waals surface area contributed by atoms with Gasteiger partial charge in [0.15, 0.2) is 5.58 Å². The van der Waals surface area contributed by atoms with Crippen LogP contribution in [-0.4, -0.2) is 43.0 Å². The Bertz CT molecular complexity index is 1220. The molecule has 2 heterocycles. The van der Waals surface area contributed by atoms with Crippen LogP contribution in [0.5, 0.6) is 5.75 Å². The molecule has 6 nitrogen and oxygen atoms in total. The summed E-state index contributed by atoms with van der Waals surface area (Å²) in [4.78, 5) is 21.7. The number of rotatable bonds is 5. The second-order valence-corrected chi connectivity index (χ2v) is 8.47. The Morgan fingerprint density at radius 3 is 2.62 bits per heavy atom. The van der Waals surface area contributed by atoms with Crippen molar-refractivity contribution in [1.29, 1.82) is 0 Å². The van der Waals surface area contributed by atoms with E-state index in [1.807, 2.05) is 48.3 Å². The highest BCUT2D eigenvalue weighted by molar-refractivity contribution is 5.85. The summed E-state index contributed by atoms with van der Waals surface area (Å²) >= 11 is 0. The van der Waals surface area contributed by atoms with E-state index in [0.717, 1.165) is 59.1 Å². The maximum absolute atomic E-state index is 13.1. The van der Waals surface area contributed by atoms with Crippen molar-refractivity contribution < 1.29 is 13.9 Å². The first-order valence-corrected chi connectivity index (χ1v) is 11.0. The van der Waals surface area contributed by atoms with Gasteiger partial charge < -0.3 is 19.0 Å². The van der Waals surface area contributed by atoms with Gasteiger partial charge in [-0.2, -0.15) is 4.98 Å². The Balaban J connectivity index is 1.20. The third-order valence-electron chi connectivity index (χ3n) is 6.31. The van der Waals surface area contributed by atoms with Crippen molar-refractivity contribution in [2.45, 2.75) is 19.4 Å². The number of piperidine rings is 1. The minimum Gasteiger partial charge on any atom is -0.497 e. The first-order valence-electron chi connectivity index (χ1n) is 11.0. The van der Waals surface area contributed by atoms with Gasteiger partial charge in [0.2, 0.25) is 5.91 Å². The number of benzene rings is 3. The topological polar surface area (TPSA) is 58.8 Å². The minimum atomic E-state index is 0.0327. The van der Waals surface area contributed by atoms with Crippen LogP contribution in [0.4, 0.5) is 6.01 Å². The first-order chi connectivity index (χ1) is 15.6. The SMILES string of the molecule is COc1ccc2cc(CN(C)C(=O)C3CCN(c4nc5ccccc5o4)CC3)ccc2c1. The molecule has 164 valence electrons. The Labute approximate surface area is 187 Å². The van der Waals surface area contributed by atoms with Crippen LogP contribution in [0.15, 0.2) is 65.1 Å². The highest BCUT2D eigenvalue weighted by Gasteiger charge is 2.29. The van der Waals surface area contributed by atoms with Gasteiger partial charge in [-0.05, 0) is 59.5 Å². The number of methoxy groups -OCH3 is 1. The predicted molar refractivity (Wildman–Crippen MR) is 126 cm³/mol. The minimum absolute atomic E-state index is 0.0327. The third kappa shape index (κ3) is 4.00. The van der Waals surface area contributed by atoms with E-state index in [2.05, 4.69) is 34.1 Å². The zero-order valence-corrected chi connectivity index (χ0v) is 18.5. The standard InChI is InChI=1S/C26H27N3O3/c1-28(17-18-7-8-21-16-22(31-2)10-9-20(21)15-18)25(30)19-11-13-29(14-12-19)26-27-23-5-3-4-6-24(23)32-26/h3-10,15-16,19H,11-14,17H2,1-2H3. The summed E-state index contributed by atoms with van der Waals surface area (Å²) < 4.78 is 11.2. The van der Waals surface area contributed by atoms with Crippen molar-refractivity contribution in [3.8, 4) is 5.75 Å². The lowest BCUT2D eigenvalue weighted by Gasteiger charge is -2.32. The van der Waals surface area contributed by atoms with Gasteiger partial charge >= 0.3 is 0 Å². The van der Waals surface area contributed by atoms with E-state index in [-0.39, 0.29) is 11.8 Å². The third-order valence-corrected chi connectivity index (χ3v) is 6.31. The molecule has 1 aliphatic heterocycles. The van der Waals surface area contributed by atoms with E-state index >= 15 is 0 Å². The number of hydrogen-bond acceptors (Lipinski definition) is 5. The number of ether oxygens (including phenoxy) is 1. The number of fused-ring (bicyclic) bond motifs is 2. The van der Waals surface area contributed by atoms with Gasteiger partial charge in [0, 0.05) is 32.6 Å².